The Kier molecular flexibility index (Phi) is 4.68. The molecule has 1 aromatic carbocycles. The van der Waals surface area contributed by atoms with Crippen molar-refractivity contribution in [3.8, 4) is 0 Å². The van der Waals surface area contributed by atoms with E-state index in [4.69, 9.17) is 0 Å². The number of fused-ring (bicyclic) bond motifs is 1. The first-order valence-corrected chi connectivity index (χ1v) is 9.79. The van der Waals surface area contributed by atoms with Gasteiger partial charge in [0.1, 0.15) is 0 Å². The molecule has 0 spiro atoms. The van der Waals surface area contributed by atoms with E-state index in [0.717, 1.165) is 43.6 Å². The SMILES string of the molecule is O=C1CCc2c1cccc2C(=O)NC1CCCN(Cc2cccs2)C1. The van der Waals surface area contributed by atoms with E-state index in [2.05, 4.69) is 27.7 Å². The van der Waals surface area contributed by atoms with Crippen molar-refractivity contribution in [3.05, 3.63) is 57.3 Å². The van der Waals surface area contributed by atoms with Crippen LogP contribution in [0.25, 0.3) is 0 Å². The lowest BCUT2D eigenvalue weighted by Crippen LogP contribution is -2.47. The van der Waals surface area contributed by atoms with Crippen molar-refractivity contribution in [2.75, 3.05) is 13.1 Å². The Morgan fingerprint density at radius 3 is 3.00 bits per heavy atom. The van der Waals surface area contributed by atoms with Crippen molar-refractivity contribution in [2.24, 2.45) is 0 Å². The first-order valence-electron chi connectivity index (χ1n) is 8.91. The van der Waals surface area contributed by atoms with Crippen molar-refractivity contribution < 1.29 is 9.59 Å². The number of amides is 1. The van der Waals surface area contributed by atoms with Crippen molar-refractivity contribution >= 4 is 23.0 Å². The third-order valence-electron chi connectivity index (χ3n) is 5.12. The second-order valence-electron chi connectivity index (χ2n) is 6.88. The van der Waals surface area contributed by atoms with Crippen LogP contribution in [-0.4, -0.2) is 35.7 Å². The zero-order valence-corrected chi connectivity index (χ0v) is 15.0. The van der Waals surface area contributed by atoms with Crippen LogP contribution in [0.2, 0.25) is 0 Å². The maximum atomic E-state index is 12.8. The Morgan fingerprint density at radius 2 is 2.16 bits per heavy atom. The van der Waals surface area contributed by atoms with Gasteiger partial charge in [0.2, 0.25) is 0 Å². The second-order valence-corrected chi connectivity index (χ2v) is 7.91. The highest BCUT2D eigenvalue weighted by Gasteiger charge is 2.27. The summed E-state index contributed by atoms with van der Waals surface area (Å²) in [6.45, 7) is 2.93. The zero-order chi connectivity index (χ0) is 17.2. The van der Waals surface area contributed by atoms with Crippen LogP contribution in [-0.2, 0) is 13.0 Å². The lowest BCUT2D eigenvalue weighted by molar-refractivity contribution is 0.0900. The van der Waals surface area contributed by atoms with Gasteiger partial charge in [-0.2, -0.15) is 0 Å². The number of nitrogens with zero attached hydrogens (tertiary/aromatic N) is 1. The van der Waals surface area contributed by atoms with Crippen LogP contribution in [0.5, 0.6) is 0 Å². The minimum Gasteiger partial charge on any atom is -0.348 e. The van der Waals surface area contributed by atoms with E-state index in [1.165, 1.54) is 4.88 Å². The molecule has 2 aromatic rings. The van der Waals surface area contributed by atoms with Crippen LogP contribution in [0.1, 0.15) is 50.4 Å². The summed E-state index contributed by atoms with van der Waals surface area (Å²) in [6.07, 6.45) is 3.33. The number of ketones is 1. The van der Waals surface area contributed by atoms with Crippen LogP contribution in [0, 0.1) is 0 Å². The Morgan fingerprint density at radius 1 is 1.24 bits per heavy atom. The molecule has 1 amide bonds. The number of hydrogen-bond acceptors (Lipinski definition) is 4. The van der Waals surface area contributed by atoms with Crippen molar-refractivity contribution in [1.82, 2.24) is 10.2 Å². The molecule has 0 bridgehead atoms. The van der Waals surface area contributed by atoms with E-state index in [1.807, 2.05) is 18.2 Å². The van der Waals surface area contributed by atoms with E-state index >= 15 is 0 Å². The molecule has 1 aliphatic carbocycles. The summed E-state index contributed by atoms with van der Waals surface area (Å²) in [6, 6.07) is 9.93. The summed E-state index contributed by atoms with van der Waals surface area (Å²) >= 11 is 1.78. The Balaban J connectivity index is 1.42. The molecular weight excluding hydrogens is 332 g/mol. The Bertz CT molecular complexity index is 785. The predicted octanol–water partition coefficient (Wildman–Crippen LogP) is 3.27. The molecule has 1 saturated heterocycles. The molecule has 25 heavy (non-hydrogen) atoms. The monoisotopic (exact) mass is 354 g/mol. The number of rotatable bonds is 4. The number of likely N-dealkylation sites (tertiary alicyclic amines) is 1. The van der Waals surface area contributed by atoms with E-state index in [9.17, 15) is 9.59 Å². The van der Waals surface area contributed by atoms with Gasteiger partial charge in [0.05, 0.1) is 0 Å². The number of nitrogens with one attached hydrogen (secondary N) is 1. The molecule has 1 N–H and O–H groups in total. The summed E-state index contributed by atoms with van der Waals surface area (Å²) < 4.78 is 0. The van der Waals surface area contributed by atoms with Crippen molar-refractivity contribution in [3.63, 3.8) is 0 Å². The quantitative estimate of drug-likeness (QED) is 0.917. The van der Waals surface area contributed by atoms with Crippen molar-refractivity contribution in [2.45, 2.75) is 38.3 Å². The minimum atomic E-state index is -0.0328. The van der Waals surface area contributed by atoms with Gasteiger partial charge in [0.25, 0.3) is 5.91 Å². The molecule has 4 rings (SSSR count). The van der Waals surface area contributed by atoms with Crippen LogP contribution in [0.15, 0.2) is 35.7 Å². The number of hydrogen-bond donors (Lipinski definition) is 1. The fourth-order valence-corrected chi connectivity index (χ4v) is 4.65. The molecule has 2 heterocycles. The third-order valence-corrected chi connectivity index (χ3v) is 5.98. The van der Waals surface area contributed by atoms with E-state index in [0.29, 0.717) is 18.4 Å². The minimum absolute atomic E-state index is 0.0328. The summed E-state index contributed by atoms with van der Waals surface area (Å²) in [5, 5.41) is 5.31. The Hall–Kier alpha value is -1.98. The van der Waals surface area contributed by atoms with Gasteiger partial charge in [-0.05, 0) is 48.9 Å². The van der Waals surface area contributed by atoms with E-state index in [1.54, 1.807) is 11.3 Å². The number of Topliss-reactive ketones (excluding diaryl/α,β-unsaturated/α-hetero) is 1. The van der Waals surface area contributed by atoms with Gasteiger partial charge in [0.15, 0.2) is 5.78 Å². The highest BCUT2D eigenvalue weighted by Crippen LogP contribution is 2.25. The van der Waals surface area contributed by atoms with Gasteiger partial charge in [-0.1, -0.05) is 18.2 Å². The summed E-state index contributed by atoms with van der Waals surface area (Å²) in [4.78, 5) is 28.4. The van der Waals surface area contributed by atoms with Crippen LogP contribution in [0.4, 0.5) is 0 Å². The lowest BCUT2D eigenvalue weighted by Gasteiger charge is -2.33. The van der Waals surface area contributed by atoms with Gasteiger partial charge in [0, 0.05) is 41.6 Å². The van der Waals surface area contributed by atoms with Crippen molar-refractivity contribution in [1.29, 1.82) is 0 Å². The van der Waals surface area contributed by atoms with Crippen LogP contribution in [0.3, 0.4) is 0 Å². The standard InChI is InChI=1S/C20H22N2O2S/c23-19-9-8-16-17(19)6-1-7-18(16)20(24)21-14-4-2-10-22(12-14)13-15-5-3-11-25-15/h1,3,5-7,11,14H,2,4,8-10,12-13H2,(H,21,24). The average Bonchev–Trinajstić information content (AvgIpc) is 3.25. The molecule has 0 radical (unpaired) electrons. The fourth-order valence-electron chi connectivity index (χ4n) is 3.91. The fraction of sp³-hybridized carbons (Fsp3) is 0.400. The van der Waals surface area contributed by atoms with E-state index < -0.39 is 0 Å². The molecular formula is C20H22N2O2S. The number of benzene rings is 1. The number of carbonyl (C=O) groups is 2. The number of thiophene rings is 1. The third kappa shape index (κ3) is 3.53. The molecule has 1 unspecified atom stereocenters. The molecule has 5 heteroatoms. The summed E-state index contributed by atoms with van der Waals surface area (Å²) in [5.41, 5.74) is 2.34. The van der Waals surface area contributed by atoms with E-state index in [-0.39, 0.29) is 17.7 Å². The normalized spacial score (nSPS) is 20.5. The topological polar surface area (TPSA) is 49.4 Å². The molecule has 1 atom stereocenters. The lowest BCUT2D eigenvalue weighted by atomic mass is 10.0. The average molecular weight is 354 g/mol. The number of piperidine rings is 1. The summed E-state index contributed by atoms with van der Waals surface area (Å²) in [7, 11) is 0. The molecule has 130 valence electrons. The maximum absolute atomic E-state index is 12.8. The molecule has 2 aliphatic rings. The van der Waals surface area contributed by atoms with Gasteiger partial charge >= 0.3 is 0 Å². The molecule has 1 fully saturated rings. The molecule has 4 nitrogen and oxygen atoms in total. The van der Waals surface area contributed by atoms with Gasteiger partial charge in [-0.15, -0.1) is 11.3 Å². The number of carbonyl (C=O) groups excluding carboxylic acids is 2. The van der Waals surface area contributed by atoms with Gasteiger partial charge in [-0.3, -0.25) is 14.5 Å². The highest BCUT2D eigenvalue weighted by atomic mass is 32.1. The zero-order valence-electron chi connectivity index (χ0n) is 14.2. The second kappa shape index (κ2) is 7.10. The predicted molar refractivity (Wildman–Crippen MR) is 99.2 cm³/mol. The molecule has 1 aliphatic heterocycles. The Labute approximate surface area is 151 Å². The van der Waals surface area contributed by atoms with Gasteiger partial charge in [-0.25, -0.2) is 0 Å². The van der Waals surface area contributed by atoms with Crippen LogP contribution >= 0.6 is 11.3 Å². The smallest absolute Gasteiger partial charge is 0.251 e. The van der Waals surface area contributed by atoms with Crippen LogP contribution < -0.4 is 5.32 Å². The molecule has 1 aromatic heterocycles. The first kappa shape index (κ1) is 16.5. The maximum Gasteiger partial charge on any atom is 0.251 e. The summed E-state index contributed by atoms with van der Waals surface area (Å²) in [5.74, 6) is 0.124. The molecule has 0 saturated carbocycles. The highest BCUT2D eigenvalue weighted by molar-refractivity contribution is 7.09. The largest absolute Gasteiger partial charge is 0.348 e. The first-order chi connectivity index (χ1) is 12.2. The van der Waals surface area contributed by atoms with Gasteiger partial charge < -0.3 is 5.32 Å².